The van der Waals surface area contributed by atoms with Gasteiger partial charge >= 0.3 is 24.1 Å². The van der Waals surface area contributed by atoms with E-state index in [-0.39, 0.29) is 61.1 Å². The molecule has 0 saturated carbocycles. The summed E-state index contributed by atoms with van der Waals surface area (Å²) in [5, 5.41) is 21.0. The Hall–Kier alpha value is -6.03. The molecule has 2 aromatic rings. The molecule has 5 N–H and O–H groups in total. The van der Waals surface area contributed by atoms with Crippen molar-refractivity contribution in [2.45, 2.75) is 128 Å². The molecule has 0 radical (unpaired) electrons. The van der Waals surface area contributed by atoms with Crippen molar-refractivity contribution >= 4 is 42.0 Å². The first-order chi connectivity index (χ1) is 29.8. The summed E-state index contributed by atoms with van der Waals surface area (Å²) in [5.41, 5.74) is -6.18. The quantitative estimate of drug-likeness (QED) is 0.0830. The Kier molecular flexibility index (Phi) is 17.2. The second-order valence-corrected chi connectivity index (χ2v) is 18.5. The molecule has 16 heteroatoms. The van der Waals surface area contributed by atoms with Crippen molar-refractivity contribution in [3.63, 3.8) is 0 Å². The third-order valence-corrected chi connectivity index (χ3v) is 11.2. The Morgan fingerprint density at radius 2 is 1.02 bits per heavy atom. The average molecular weight is 891 g/mol. The minimum atomic E-state index is -1.86. The van der Waals surface area contributed by atoms with Crippen LogP contribution in [0.15, 0.2) is 84.2 Å². The molecule has 4 rings (SSSR count). The number of nitrogens with one attached hydrogen (secondary N) is 4. The number of ether oxygens (including phenoxy) is 4. The number of aliphatic hydroxyl groups is 1. The zero-order chi connectivity index (χ0) is 48.3. The molecule has 2 aliphatic heterocycles. The van der Waals surface area contributed by atoms with Gasteiger partial charge in [0.25, 0.3) is 0 Å². The van der Waals surface area contributed by atoms with E-state index in [1.807, 2.05) is 39.8 Å². The number of methoxy groups -OCH3 is 2. The van der Waals surface area contributed by atoms with Gasteiger partial charge in [-0.1, -0.05) is 88.4 Å². The number of rotatable bonds is 16. The number of esters is 2. The molecule has 2 aliphatic rings. The van der Waals surface area contributed by atoms with Gasteiger partial charge in [-0.05, 0) is 64.5 Å². The second-order valence-electron chi connectivity index (χ2n) is 18.5. The summed E-state index contributed by atoms with van der Waals surface area (Å²) in [7, 11) is 2.39. The van der Waals surface area contributed by atoms with Crippen LogP contribution in [0.2, 0.25) is 0 Å². The Bertz CT molecular complexity index is 2070. The molecule has 64 heavy (non-hydrogen) atoms. The van der Waals surface area contributed by atoms with Crippen molar-refractivity contribution in [1.29, 1.82) is 0 Å². The molecule has 0 aromatic heterocycles. The van der Waals surface area contributed by atoms with Gasteiger partial charge in [0.05, 0.1) is 25.4 Å². The molecule has 0 aliphatic carbocycles. The number of amides is 2. The first-order valence-corrected chi connectivity index (χ1v) is 21.2. The average Bonchev–Trinajstić information content (AvgIpc) is 3.73. The maximum absolute atomic E-state index is 13.7. The maximum Gasteiger partial charge on any atom is 0.408 e. The third-order valence-electron chi connectivity index (χ3n) is 11.2. The van der Waals surface area contributed by atoms with Crippen molar-refractivity contribution in [2.75, 3.05) is 20.8 Å². The van der Waals surface area contributed by atoms with Gasteiger partial charge in [0.15, 0.2) is 22.6 Å². The Morgan fingerprint density at radius 1 is 0.656 bits per heavy atom. The summed E-state index contributed by atoms with van der Waals surface area (Å²) in [6.45, 7) is 17.3. The molecule has 0 saturated heterocycles. The van der Waals surface area contributed by atoms with E-state index in [0.717, 1.165) is 0 Å². The minimum absolute atomic E-state index is 0.00890. The standard InChI is InChI=1S/C24H34N2O6.C24H32N2O6/c2*1-16(2)23(12-13-27)19(28)18(15-25-23)24(20(29)31-6,14-17-10-8-7-9-11-17)26-21(30)32-22(3,4)5/h7-11,15-16,25,27H,12-14H2,1-6H3,(H,26,30);7-11,13,15-16,25H,12,14H2,1-6H3,(H,26,30)/t23-,24-;23-,24+/m11/s1. The lowest BCUT2D eigenvalue weighted by Crippen LogP contribution is -2.61. The highest BCUT2D eigenvalue weighted by Gasteiger charge is 2.58. The largest absolute Gasteiger partial charge is 0.467 e. The number of ketones is 2. The Morgan fingerprint density at radius 3 is 1.33 bits per heavy atom. The predicted octanol–water partition coefficient (Wildman–Crippen LogP) is 5.20. The van der Waals surface area contributed by atoms with Crippen molar-refractivity contribution < 1.29 is 57.6 Å². The van der Waals surface area contributed by atoms with E-state index >= 15 is 0 Å². The molecular weight excluding hydrogens is 825 g/mol. The highest BCUT2D eigenvalue weighted by Crippen LogP contribution is 2.39. The fraction of sp³-hybridized carbons (Fsp3) is 0.521. The highest BCUT2D eigenvalue weighted by molar-refractivity contribution is 6.14. The molecule has 2 heterocycles. The van der Waals surface area contributed by atoms with Crippen LogP contribution in [0.3, 0.4) is 0 Å². The van der Waals surface area contributed by atoms with Gasteiger partial charge in [-0.3, -0.25) is 9.59 Å². The van der Waals surface area contributed by atoms with Crippen molar-refractivity contribution in [2.24, 2.45) is 11.8 Å². The number of hydrogen-bond acceptors (Lipinski definition) is 14. The van der Waals surface area contributed by atoms with E-state index in [4.69, 9.17) is 18.9 Å². The van der Waals surface area contributed by atoms with Gasteiger partial charge in [-0.2, -0.15) is 0 Å². The molecule has 0 fully saturated rings. The van der Waals surface area contributed by atoms with Crippen LogP contribution >= 0.6 is 0 Å². The van der Waals surface area contributed by atoms with Crippen LogP contribution in [0.5, 0.6) is 0 Å². The second kappa shape index (κ2) is 21.1. The van der Waals surface area contributed by atoms with Gasteiger partial charge in [0.2, 0.25) is 0 Å². The van der Waals surface area contributed by atoms with Gasteiger partial charge in [-0.25, -0.2) is 19.2 Å². The fourth-order valence-corrected chi connectivity index (χ4v) is 7.79. The van der Waals surface area contributed by atoms with Gasteiger partial charge in [0, 0.05) is 44.7 Å². The summed E-state index contributed by atoms with van der Waals surface area (Å²) >= 11 is 0. The number of aliphatic hydroxyl groups excluding tert-OH is 1. The Labute approximate surface area is 376 Å². The smallest absolute Gasteiger partial charge is 0.408 e. The first kappa shape index (κ1) is 52.3. The van der Waals surface area contributed by atoms with E-state index < -0.39 is 63.3 Å². The summed E-state index contributed by atoms with van der Waals surface area (Å²) in [4.78, 5) is 90.9. The number of Topliss-reactive ketones (excluding diaryl/α,β-unsaturated/α-hetero) is 2. The molecule has 16 nitrogen and oxygen atoms in total. The summed E-state index contributed by atoms with van der Waals surface area (Å²) in [6, 6.07) is 18.0. The van der Waals surface area contributed by atoms with Crippen molar-refractivity contribution in [3.8, 4) is 0 Å². The van der Waals surface area contributed by atoms with E-state index in [1.54, 1.807) is 90.1 Å². The van der Waals surface area contributed by atoms with E-state index in [1.165, 1.54) is 26.6 Å². The van der Waals surface area contributed by atoms with Crippen LogP contribution in [-0.4, -0.2) is 101 Å². The number of aldehydes is 1. The van der Waals surface area contributed by atoms with Crippen LogP contribution in [-0.2, 0) is 55.8 Å². The molecule has 2 amide bonds. The lowest BCUT2D eigenvalue weighted by Gasteiger charge is -2.36. The van der Waals surface area contributed by atoms with Crippen molar-refractivity contribution in [1.82, 2.24) is 21.3 Å². The zero-order valence-corrected chi connectivity index (χ0v) is 39.1. The van der Waals surface area contributed by atoms with Crippen molar-refractivity contribution in [3.05, 3.63) is 95.3 Å². The molecular formula is C48H66N4O12. The van der Waals surface area contributed by atoms with Crippen LogP contribution in [0.25, 0.3) is 0 Å². The van der Waals surface area contributed by atoms with Crippen LogP contribution in [0, 0.1) is 11.8 Å². The monoisotopic (exact) mass is 890 g/mol. The lowest BCUT2D eigenvalue weighted by molar-refractivity contribution is -0.148. The number of benzene rings is 2. The topological polar surface area (TPSA) is 225 Å². The lowest BCUT2D eigenvalue weighted by atomic mass is 9.74. The normalized spacial score (nSPS) is 20.2. The summed E-state index contributed by atoms with van der Waals surface area (Å²) in [5.74, 6) is -2.89. The molecule has 2 aromatic carbocycles. The number of hydrogen-bond donors (Lipinski definition) is 5. The SMILES string of the molecule is COC(=O)[C@@](Cc1ccccc1)(NC(=O)OC(C)(C)C)C1=CN[C@](CC=O)(C(C)C)C1=O.COC(=O)[C@](Cc1ccccc1)(NC(=O)OC(C)(C)C)C1=CN[C@](CCO)(C(C)C)C1=O. The zero-order valence-electron chi connectivity index (χ0n) is 39.1. The van der Waals surface area contributed by atoms with Crippen LogP contribution < -0.4 is 21.3 Å². The molecule has 0 bridgehead atoms. The molecule has 0 unspecified atom stereocenters. The van der Waals surface area contributed by atoms with Crippen LogP contribution in [0.4, 0.5) is 9.59 Å². The number of carbonyl (C=O) groups is 7. The maximum atomic E-state index is 13.7. The highest BCUT2D eigenvalue weighted by atomic mass is 16.6. The number of alkyl carbamates (subject to hydrolysis) is 2. The van der Waals surface area contributed by atoms with E-state index in [2.05, 4.69) is 21.3 Å². The van der Waals surface area contributed by atoms with E-state index in [0.29, 0.717) is 17.4 Å². The Balaban J connectivity index is 0.000000340. The van der Waals surface area contributed by atoms with E-state index in [9.17, 15) is 38.7 Å². The van der Waals surface area contributed by atoms with Gasteiger partial charge in [-0.15, -0.1) is 0 Å². The fourth-order valence-electron chi connectivity index (χ4n) is 7.79. The molecule has 0 spiro atoms. The summed E-state index contributed by atoms with van der Waals surface area (Å²) < 4.78 is 21.0. The van der Waals surface area contributed by atoms with Crippen LogP contribution in [0.1, 0.15) is 93.2 Å². The minimum Gasteiger partial charge on any atom is -0.467 e. The summed E-state index contributed by atoms with van der Waals surface area (Å²) in [6.07, 6.45) is 1.80. The predicted molar refractivity (Wildman–Crippen MR) is 238 cm³/mol. The van der Waals surface area contributed by atoms with Gasteiger partial charge < -0.3 is 50.1 Å². The molecule has 350 valence electrons. The third kappa shape index (κ3) is 11.8. The number of carbonyl (C=O) groups excluding carboxylic acids is 7. The first-order valence-electron chi connectivity index (χ1n) is 21.2. The van der Waals surface area contributed by atoms with Gasteiger partial charge in [0.1, 0.15) is 28.6 Å². The molecule has 4 atom stereocenters.